The van der Waals surface area contributed by atoms with E-state index < -0.39 is 33.5 Å². The van der Waals surface area contributed by atoms with Gasteiger partial charge >= 0.3 is 11.9 Å². The van der Waals surface area contributed by atoms with E-state index in [1.807, 2.05) is 0 Å². The molecule has 0 radical (unpaired) electrons. The van der Waals surface area contributed by atoms with Crippen LogP contribution in [-0.2, 0) is 38.2 Å². The highest BCUT2D eigenvalue weighted by Crippen LogP contribution is 2.34. The zero-order chi connectivity index (χ0) is 26.7. The first-order valence-corrected chi connectivity index (χ1v) is 12.5. The summed E-state index contributed by atoms with van der Waals surface area (Å²) in [6, 6.07) is -2.10. The van der Waals surface area contributed by atoms with E-state index in [9.17, 15) is 28.8 Å². The van der Waals surface area contributed by atoms with Gasteiger partial charge in [0.1, 0.15) is 12.1 Å². The molecule has 2 amide bonds. The highest BCUT2D eigenvalue weighted by molar-refractivity contribution is 8.15. The largest absolute Gasteiger partial charge is 0.467 e. The molecule has 0 aliphatic carbocycles. The van der Waals surface area contributed by atoms with Crippen LogP contribution in [0.4, 0.5) is 0 Å². The van der Waals surface area contributed by atoms with E-state index in [0.29, 0.717) is 0 Å². The summed E-state index contributed by atoms with van der Waals surface area (Å²) >= 11 is 1.69. The van der Waals surface area contributed by atoms with Crippen molar-refractivity contribution in [1.82, 2.24) is 10.6 Å². The van der Waals surface area contributed by atoms with Crippen molar-refractivity contribution in [3.63, 3.8) is 0 Å². The first-order chi connectivity index (χ1) is 15.6. The van der Waals surface area contributed by atoms with Crippen molar-refractivity contribution >= 4 is 57.5 Å². The molecule has 0 aromatic heterocycles. The number of methoxy groups -OCH3 is 2. The second kappa shape index (κ2) is 14.3. The second-order valence-corrected chi connectivity index (χ2v) is 11.8. The molecule has 12 heteroatoms. The number of esters is 2. The smallest absolute Gasteiger partial charge is 0.329 e. The van der Waals surface area contributed by atoms with Gasteiger partial charge in [-0.3, -0.25) is 19.2 Å². The van der Waals surface area contributed by atoms with Crippen molar-refractivity contribution in [2.24, 2.45) is 0 Å². The number of rotatable bonds is 13. The molecule has 0 fully saturated rings. The molecule has 0 saturated carbocycles. The van der Waals surface area contributed by atoms with Gasteiger partial charge in [-0.1, -0.05) is 37.4 Å². The zero-order valence-electron chi connectivity index (χ0n) is 21.1. The lowest BCUT2D eigenvalue weighted by atomic mass is 10.0. The Labute approximate surface area is 209 Å². The fourth-order valence-corrected chi connectivity index (χ4v) is 4.93. The molecule has 0 bridgehead atoms. The van der Waals surface area contributed by atoms with Crippen LogP contribution in [0, 0.1) is 0 Å². The molecule has 0 heterocycles. The molecule has 34 heavy (non-hydrogen) atoms. The van der Waals surface area contributed by atoms with Gasteiger partial charge in [0.25, 0.3) is 0 Å². The molecule has 2 unspecified atom stereocenters. The molecule has 0 rings (SSSR count). The molecule has 0 saturated heterocycles. The highest BCUT2D eigenvalue weighted by atomic mass is 32.2. The summed E-state index contributed by atoms with van der Waals surface area (Å²) in [6.45, 7) is 9.79. The van der Waals surface area contributed by atoms with Crippen LogP contribution in [0.5, 0.6) is 0 Å². The van der Waals surface area contributed by atoms with Gasteiger partial charge in [0.05, 0.1) is 14.2 Å². The summed E-state index contributed by atoms with van der Waals surface area (Å²) < 4.78 is 7.48. The number of carbonyl (C=O) groups excluding carboxylic acids is 6. The van der Waals surface area contributed by atoms with Crippen molar-refractivity contribution < 1.29 is 38.2 Å². The summed E-state index contributed by atoms with van der Waals surface area (Å²) in [4.78, 5) is 73.1. The molecule has 10 nitrogen and oxygen atoms in total. The number of ether oxygens (including phenoxy) is 2. The first-order valence-electron chi connectivity index (χ1n) is 10.8. The minimum Gasteiger partial charge on any atom is -0.467 e. The predicted octanol–water partition coefficient (Wildman–Crippen LogP) is 1.98. The average molecular weight is 521 g/mol. The Hall–Kier alpha value is -2.08. The predicted molar refractivity (Wildman–Crippen MR) is 131 cm³/mol. The monoisotopic (exact) mass is 520 g/mol. The average Bonchev–Trinajstić information content (AvgIpc) is 2.77. The van der Waals surface area contributed by atoms with E-state index in [1.165, 1.54) is 14.2 Å². The van der Waals surface area contributed by atoms with Crippen molar-refractivity contribution in [1.29, 1.82) is 0 Å². The molecule has 2 atom stereocenters. The number of amides is 2. The second-order valence-electron chi connectivity index (χ2n) is 8.41. The van der Waals surface area contributed by atoms with Crippen LogP contribution < -0.4 is 10.6 Å². The van der Waals surface area contributed by atoms with Crippen molar-refractivity contribution in [3.05, 3.63) is 0 Å². The summed E-state index contributed by atoms with van der Waals surface area (Å²) in [6.07, 6.45) is 0.0929. The van der Waals surface area contributed by atoms with Crippen molar-refractivity contribution in [2.45, 2.75) is 88.8 Å². The summed E-state index contributed by atoms with van der Waals surface area (Å²) in [5, 5.41) is 4.45. The zero-order valence-corrected chi connectivity index (χ0v) is 22.7. The Kier molecular flexibility index (Phi) is 13.5. The number of carbonyl (C=O) groups is 6. The van der Waals surface area contributed by atoms with Crippen LogP contribution in [0.1, 0.15) is 67.2 Å². The number of nitrogens with one attached hydrogen (secondary N) is 2. The van der Waals surface area contributed by atoms with Gasteiger partial charge in [0, 0.05) is 35.2 Å². The van der Waals surface area contributed by atoms with Crippen molar-refractivity contribution in [2.75, 3.05) is 14.2 Å². The minimum absolute atomic E-state index is 0.115. The Morgan fingerprint density at radius 1 is 0.676 bits per heavy atom. The molecular weight excluding hydrogens is 484 g/mol. The maximum atomic E-state index is 12.6. The minimum atomic E-state index is -1.05. The summed E-state index contributed by atoms with van der Waals surface area (Å²) in [5.41, 5.74) is 0. The summed E-state index contributed by atoms with van der Waals surface area (Å²) in [7, 11) is 2.39. The highest BCUT2D eigenvalue weighted by Gasteiger charge is 2.41. The van der Waals surface area contributed by atoms with Gasteiger partial charge in [-0.2, -0.15) is 0 Å². The maximum absolute atomic E-state index is 12.6. The van der Waals surface area contributed by atoms with Crippen LogP contribution in [0.25, 0.3) is 0 Å². The lowest BCUT2D eigenvalue weighted by molar-refractivity contribution is -0.146. The van der Waals surface area contributed by atoms with Crippen LogP contribution >= 0.6 is 23.5 Å². The van der Waals surface area contributed by atoms with Gasteiger partial charge in [-0.05, 0) is 27.7 Å². The standard InChI is InChI=1S/C22H36N2O8S2/c1-9-13(25)23-17(19(29)31-7)21(3,4)33-15(27)11-12-16(28)34-22(5,6)18(20(30)32-8)24-14(26)10-2/h17-18H,9-12H2,1-8H3,(H,23,25)(H,24,26). The van der Waals surface area contributed by atoms with E-state index in [-0.39, 0.29) is 47.7 Å². The SMILES string of the molecule is CCC(=O)NC(C(=O)OC)C(C)(C)SC(=O)CCC(=O)SC(C)(C)C(NC(=O)CC)C(=O)OC. The Bertz CT molecular complexity index is 719. The third-order valence-corrected chi connectivity index (χ3v) is 7.19. The van der Waals surface area contributed by atoms with Crippen molar-refractivity contribution in [3.8, 4) is 0 Å². The van der Waals surface area contributed by atoms with E-state index in [4.69, 9.17) is 9.47 Å². The number of hydrogen-bond donors (Lipinski definition) is 2. The lowest BCUT2D eigenvalue weighted by Gasteiger charge is -2.32. The Balaban J connectivity index is 5.16. The first kappa shape index (κ1) is 31.9. The fraction of sp³-hybridized carbons (Fsp3) is 0.727. The third-order valence-electron chi connectivity index (χ3n) is 4.80. The molecule has 2 N–H and O–H groups in total. The van der Waals surface area contributed by atoms with Gasteiger partial charge in [0.15, 0.2) is 10.2 Å². The quantitative estimate of drug-likeness (QED) is 0.346. The van der Waals surface area contributed by atoms with E-state index in [1.54, 1.807) is 41.5 Å². The third kappa shape index (κ3) is 10.5. The molecule has 0 spiro atoms. The topological polar surface area (TPSA) is 145 Å². The maximum Gasteiger partial charge on any atom is 0.329 e. The molecular formula is C22H36N2O8S2. The van der Waals surface area contributed by atoms with Crippen LogP contribution in [0.15, 0.2) is 0 Å². The fourth-order valence-electron chi connectivity index (χ4n) is 2.81. The molecule has 0 aromatic rings. The van der Waals surface area contributed by atoms with E-state index >= 15 is 0 Å². The van der Waals surface area contributed by atoms with Gasteiger partial charge in [-0.15, -0.1) is 0 Å². The molecule has 194 valence electrons. The number of hydrogen-bond acceptors (Lipinski definition) is 10. The molecule has 0 aliphatic rings. The molecule has 0 aromatic carbocycles. The van der Waals surface area contributed by atoms with Crippen LogP contribution in [0.2, 0.25) is 0 Å². The lowest BCUT2D eigenvalue weighted by Crippen LogP contribution is -2.53. The van der Waals surface area contributed by atoms with Gasteiger partial charge in [-0.25, -0.2) is 9.59 Å². The van der Waals surface area contributed by atoms with Gasteiger partial charge in [0.2, 0.25) is 11.8 Å². The Morgan fingerprint density at radius 3 is 1.21 bits per heavy atom. The van der Waals surface area contributed by atoms with Crippen LogP contribution in [-0.4, -0.2) is 69.8 Å². The van der Waals surface area contributed by atoms with Gasteiger partial charge < -0.3 is 20.1 Å². The van der Waals surface area contributed by atoms with E-state index in [2.05, 4.69) is 10.6 Å². The number of thioether (sulfide) groups is 2. The van der Waals surface area contributed by atoms with Crippen LogP contribution in [0.3, 0.4) is 0 Å². The summed E-state index contributed by atoms with van der Waals surface area (Å²) in [5.74, 6) is -2.08. The molecule has 0 aliphatic heterocycles. The Morgan fingerprint density at radius 2 is 0.971 bits per heavy atom. The van der Waals surface area contributed by atoms with E-state index in [0.717, 1.165) is 23.5 Å². The normalized spacial score (nSPS) is 13.3.